The second-order valence-corrected chi connectivity index (χ2v) is 7.76. The minimum atomic E-state index is -0.182. The Morgan fingerprint density at radius 2 is 1.96 bits per heavy atom. The topological polar surface area (TPSA) is 89.8 Å². The zero-order valence-corrected chi connectivity index (χ0v) is 16.3. The molecule has 0 atom stereocenters. The monoisotopic (exact) mass is 413 g/mol. The third-order valence-corrected chi connectivity index (χ3v) is 5.29. The van der Waals surface area contributed by atoms with Crippen molar-refractivity contribution in [3.8, 4) is 5.82 Å². The number of hydrogen-bond acceptors (Lipinski definition) is 6. The molecule has 0 spiro atoms. The third kappa shape index (κ3) is 4.58. The number of thioether (sulfide) groups is 1. The van der Waals surface area contributed by atoms with Crippen molar-refractivity contribution in [2.75, 3.05) is 5.75 Å². The molecule has 1 amide bonds. The number of Topliss-reactive ketones (excluding diaryl/α,β-unsaturated/α-hetero) is 1. The summed E-state index contributed by atoms with van der Waals surface area (Å²) in [5.41, 5.74) is 0.946. The van der Waals surface area contributed by atoms with Gasteiger partial charge in [0, 0.05) is 28.9 Å². The Morgan fingerprint density at radius 1 is 1.18 bits per heavy atom. The van der Waals surface area contributed by atoms with E-state index in [1.54, 1.807) is 42.6 Å². The first-order chi connectivity index (χ1) is 13.6. The maximum Gasteiger partial charge on any atom is 0.272 e. The number of ketones is 1. The Morgan fingerprint density at radius 3 is 2.71 bits per heavy atom. The molecule has 3 aromatic rings. The van der Waals surface area contributed by atoms with Crippen LogP contribution in [0.2, 0.25) is 5.02 Å². The number of nitrogens with zero attached hydrogens (tertiary/aromatic N) is 4. The van der Waals surface area contributed by atoms with Gasteiger partial charge in [0.25, 0.3) is 5.91 Å². The zero-order chi connectivity index (χ0) is 19.5. The molecule has 2 aromatic heterocycles. The maximum absolute atomic E-state index is 12.3. The van der Waals surface area contributed by atoms with Gasteiger partial charge in [-0.25, -0.2) is 14.6 Å². The van der Waals surface area contributed by atoms with Gasteiger partial charge in [-0.15, -0.1) is 0 Å². The van der Waals surface area contributed by atoms with Gasteiger partial charge in [0.2, 0.25) is 0 Å². The highest BCUT2D eigenvalue weighted by Gasteiger charge is 2.24. The van der Waals surface area contributed by atoms with Crippen molar-refractivity contribution >= 4 is 35.1 Å². The molecule has 0 unspecified atom stereocenters. The number of rotatable bonds is 7. The standard InChI is InChI=1S/C19H16ClN5O2S/c20-13-3-1-12(2-4-13)16(26)10-28-18-9-17(21-11-22-18)25-8-7-15(24-25)19(27)23-14-5-6-14/h1-4,7-9,11,14H,5-6,10H2,(H,23,27). The Balaban J connectivity index is 1.41. The molecule has 1 aromatic carbocycles. The fraction of sp³-hybridized carbons (Fsp3) is 0.211. The summed E-state index contributed by atoms with van der Waals surface area (Å²) in [5, 5.41) is 8.42. The number of benzene rings is 1. The fourth-order valence-electron chi connectivity index (χ4n) is 2.45. The van der Waals surface area contributed by atoms with E-state index in [1.165, 1.54) is 22.8 Å². The molecule has 2 heterocycles. The van der Waals surface area contributed by atoms with E-state index in [0.29, 0.717) is 27.1 Å². The van der Waals surface area contributed by atoms with E-state index >= 15 is 0 Å². The third-order valence-electron chi connectivity index (χ3n) is 4.11. The highest BCUT2D eigenvalue weighted by Crippen LogP contribution is 2.20. The molecule has 1 aliphatic carbocycles. The summed E-state index contributed by atoms with van der Waals surface area (Å²) in [5.74, 6) is 0.576. The van der Waals surface area contributed by atoms with Crippen molar-refractivity contribution in [2.45, 2.75) is 23.9 Å². The highest BCUT2D eigenvalue weighted by atomic mass is 35.5. The molecule has 4 rings (SSSR count). The summed E-state index contributed by atoms with van der Waals surface area (Å²) in [4.78, 5) is 32.7. The van der Waals surface area contributed by atoms with Crippen LogP contribution in [0.25, 0.3) is 5.82 Å². The van der Waals surface area contributed by atoms with Crippen LogP contribution in [0, 0.1) is 0 Å². The molecule has 0 saturated heterocycles. The van der Waals surface area contributed by atoms with Gasteiger partial charge in [-0.05, 0) is 43.2 Å². The van der Waals surface area contributed by atoms with Crippen LogP contribution in [0.4, 0.5) is 0 Å². The van der Waals surface area contributed by atoms with Crippen LogP contribution >= 0.6 is 23.4 Å². The number of nitrogens with one attached hydrogen (secondary N) is 1. The van der Waals surface area contributed by atoms with Crippen molar-refractivity contribution in [3.63, 3.8) is 0 Å². The van der Waals surface area contributed by atoms with Gasteiger partial charge >= 0.3 is 0 Å². The average Bonchev–Trinajstić information content (AvgIpc) is 3.38. The molecular weight excluding hydrogens is 398 g/mol. The highest BCUT2D eigenvalue weighted by molar-refractivity contribution is 7.99. The molecule has 1 saturated carbocycles. The Kier molecular flexibility index (Phi) is 5.40. The number of aromatic nitrogens is 4. The van der Waals surface area contributed by atoms with Gasteiger partial charge in [0.1, 0.15) is 11.4 Å². The zero-order valence-electron chi connectivity index (χ0n) is 14.7. The van der Waals surface area contributed by atoms with Crippen LogP contribution in [0.5, 0.6) is 0 Å². The van der Waals surface area contributed by atoms with E-state index in [2.05, 4.69) is 20.4 Å². The first-order valence-electron chi connectivity index (χ1n) is 8.69. The lowest BCUT2D eigenvalue weighted by Gasteiger charge is -2.04. The number of amides is 1. The first-order valence-corrected chi connectivity index (χ1v) is 10.1. The fourth-order valence-corrected chi connectivity index (χ4v) is 3.33. The predicted molar refractivity (Wildman–Crippen MR) is 106 cm³/mol. The minimum absolute atomic E-state index is 0.0139. The molecular formula is C19H16ClN5O2S. The Bertz CT molecular complexity index is 1020. The lowest BCUT2D eigenvalue weighted by Crippen LogP contribution is -2.25. The molecule has 0 radical (unpaired) electrons. The Hall–Kier alpha value is -2.71. The average molecular weight is 414 g/mol. The van der Waals surface area contributed by atoms with E-state index in [4.69, 9.17) is 11.6 Å². The van der Waals surface area contributed by atoms with E-state index in [9.17, 15) is 9.59 Å². The molecule has 28 heavy (non-hydrogen) atoms. The van der Waals surface area contributed by atoms with Gasteiger partial charge in [0.15, 0.2) is 17.3 Å². The summed E-state index contributed by atoms with van der Waals surface area (Å²) < 4.78 is 1.52. The van der Waals surface area contributed by atoms with Crippen molar-refractivity contribution in [2.24, 2.45) is 0 Å². The molecule has 7 nitrogen and oxygen atoms in total. The normalized spacial score (nSPS) is 13.3. The second-order valence-electron chi connectivity index (χ2n) is 6.33. The van der Waals surface area contributed by atoms with Crippen LogP contribution < -0.4 is 5.32 Å². The van der Waals surface area contributed by atoms with Gasteiger partial charge < -0.3 is 5.32 Å². The van der Waals surface area contributed by atoms with Gasteiger partial charge in [-0.3, -0.25) is 9.59 Å². The maximum atomic E-state index is 12.3. The van der Waals surface area contributed by atoms with E-state index < -0.39 is 0 Å². The van der Waals surface area contributed by atoms with Crippen molar-refractivity contribution in [1.29, 1.82) is 0 Å². The summed E-state index contributed by atoms with van der Waals surface area (Å²) in [6, 6.07) is 10.4. The smallest absolute Gasteiger partial charge is 0.272 e. The number of halogens is 1. The van der Waals surface area contributed by atoms with Gasteiger partial charge in [-0.2, -0.15) is 5.10 Å². The molecule has 0 bridgehead atoms. The van der Waals surface area contributed by atoms with Crippen LogP contribution in [-0.2, 0) is 0 Å². The van der Waals surface area contributed by atoms with E-state index in [0.717, 1.165) is 12.8 Å². The first kappa shape index (κ1) is 18.6. The van der Waals surface area contributed by atoms with Crippen LogP contribution in [0.3, 0.4) is 0 Å². The summed E-state index contributed by atoms with van der Waals surface area (Å²) >= 11 is 7.16. The summed E-state index contributed by atoms with van der Waals surface area (Å²) in [6.45, 7) is 0. The lowest BCUT2D eigenvalue weighted by atomic mass is 10.1. The van der Waals surface area contributed by atoms with Crippen LogP contribution in [0.1, 0.15) is 33.7 Å². The van der Waals surface area contributed by atoms with Crippen molar-refractivity contribution in [1.82, 2.24) is 25.1 Å². The van der Waals surface area contributed by atoms with E-state index in [-0.39, 0.29) is 23.5 Å². The molecule has 1 aliphatic rings. The van der Waals surface area contributed by atoms with Crippen LogP contribution in [-0.4, -0.2) is 43.2 Å². The van der Waals surface area contributed by atoms with E-state index in [1.807, 2.05) is 0 Å². The SMILES string of the molecule is O=C(CSc1cc(-n2ccc(C(=O)NC3CC3)n2)ncn1)c1ccc(Cl)cc1. The molecule has 0 aliphatic heterocycles. The lowest BCUT2D eigenvalue weighted by molar-refractivity contribution is 0.0944. The number of hydrogen-bond donors (Lipinski definition) is 1. The molecule has 1 N–H and O–H groups in total. The second kappa shape index (κ2) is 8.12. The quantitative estimate of drug-likeness (QED) is 0.363. The van der Waals surface area contributed by atoms with Gasteiger partial charge in [-0.1, -0.05) is 23.4 Å². The van der Waals surface area contributed by atoms with Crippen molar-refractivity contribution in [3.05, 3.63) is 65.2 Å². The molecule has 9 heteroatoms. The summed E-state index contributed by atoms with van der Waals surface area (Å²) in [6.07, 6.45) is 5.13. The predicted octanol–water partition coefficient (Wildman–Crippen LogP) is 3.18. The number of carbonyl (C=O) groups excluding carboxylic acids is 2. The Labute approximate surface area is 170 Å². The molecule has 142 valence electrons. The number of carbonyl (C=O) groups is 2. The van der Waals surface area contributed by atoms with Crippen molar-refractivity contribution < 1.29 is 9.59 Å². The minimum Gasteiger partial charge on any atom is -0.348 e. The van der Waals surface area contributed by atoms with Crippen LogP contribution in [0.15, 0.2) is 53.9 Å². The largest absolute Gasteiger partial charge is 0.348 e. The summed E-state index contributed by atoms with van der Waals surface area (Å²) in [7, 11) is 0. The molecule has 1 fully saturated rings. The van der Waals surface area contributed by atoms with Gasteiger partial charge in [0.05, 0.1) is 5.75 Å².